The van der Waals surface area contributed by atoms with Crippen molar-refractivity contribution in [3.05, 3.63) is 17.7 Å². The molecule has 24 heavy (non-hydrogen) atoms. The maximum atomic E-state index is 5.65. The molecule has 0 amide bonds. The van der Waals surface area contributed by atoms with Crippen molar-refractivity contribution in [3.63, 3.8) is 0 Å². The topological polar surface area (TPSA) is 42.3 Å². The highest BCUT2D eigenvalue weighted by Gasteiger charge is 2.14. The summed E-state index contributed by atoms with van der Waals surface area (Å²) in [4.78, 5) is 7.30. The van der Waals surface area contributed by atoms with Crippen LogP contribution in [0.2, 0.25) is 0 Å². The standard InChI is InChI=1S/C19H30N4O/c1-4-23-17-14-18(24-3)15(13-16(17)21-19(23)20-2)9-5-6-10-22-11-7-8-12-22/h13-14H,4-12H2,1-3H3,(H,20,21). The van der Waals surface area contributed by atoms with E-state index < -0.39 is 0 Å². The van der Waals surface area contributed by atoms with Crippen LogP contribution in [-0.2, 0) is 13.0 Å². The van der Waals surface area contributed by atoms with Gasteiger partial charge in [0.15, 0.2) is 0 Å². The first-order valence-corrected chi connectivity index (χ1v) is 9.24. The monoisotopic (exact) mass is 330 g/mol. The first-order chi connectivity index (χ1) is 11.8. The van der Waals surface area contributed by atoms with Crippen molar-refractivity contribution >= 4 is 17.0 Å². The number of nitrogens with one attached hydrogen (secondary N) is 1. The Morgan fingerprint density at radius 3 is 2.67 bits per heavy atom. The van der Waals surface area contributed by atoms with Crippen LogP contribution in [0.25, 0.3) is 11.0 Å². The minimum absolute atomic E-state index is 0.894. The lowest BCUT2D eigenvalue weighted by Gasteiger charge is -2.14. The Hall–Kier alpha value is -1.75. The molecule has 0 radical (unpaired) electrons. The minimum atomic E-state index is 0.894. The molecule has 1 fully saturated rings. The van der Waals surface area contributed by atoms with Crippen LogP contribution in [0.4, 0.5) is 5.95 Å². The van der Waals surface area contributed by atoms with Crippen molar-refractivity contribution in [1.29, 1.82) is 0 Å². The first kappa shape index (κ1) is 17.1. The number of hydrogen-bond donors (Lipinski definition) is 1. The summed E-state index contributed by atoms with van der Waals surface area (Å²) < 4.78 is 7.84. The van der Waals surface area contributed by atoms with Crippen LogP contribution in [0, 0.1) is 0 Å². The summed E-state index contributed by atoms with van der Waals surface area (Å²) >= 11 is 0. The molecule has 132 valence electrons. The van der Waals surface area contributed by atoms with Gasteiger partial charge in [0.25, 0.3) is 0 Å². The summed E-state index contributed by atoms with van der Waals surface area (Å²) in [6.07, 6.45) is 6.26. The van der Waals surface area contributed by atoms with Gasteiger partial charge in [-0.25, -0.2) is 4.98 Å². The van der Waals surface area contributed by atoms with Crippen molar-refractivity contribution in [2.24, 2.45) is 0 Å². The molecule has 0 unspecified atom stereocenters. The van der Waals surface area contributed by atoms with E-state index in [1.54, 1.807) is 7.11 Å². The number of aryl methyl sites for hydroxylation is 2. The van der Waals surface area contributed by atoms with E-state index in [0.717, 1.165) is 35.7 Å². The number of nitrogens with zero attached hydrogens (tertiary/aromatic N) is 3. The molecule has 0 aliphatic carbocycles. The van der Waals surface area contributed by atoms with Gasteiger partial charge in [-0.1, -0.05) is 0 Å². The Morgan fingerprint density at radius 1 is 1.21 bits per heavy atom. The Balaban J connectivity index is 1.71. The van der Waals surface area contributed by atoms with Gasteiger partial charge >= 0.3 is 0 Å². The number of hydrogen-bond acceptors (Lipinski definition) is 4. The van der Waals surface area contributed by atoms with Crippen LogP contribution < -0.4 is 10.1 Å². The van der Waals surface area contributed by atoms with E-state index >= 15 is 0 Å². The van der Waals surface area contributed by atoms with E-state index in [-0.39, 0.29) is 0 Å². The molecule has 1 aromatic carbocycles. The van der Waals surface area contributed by atoms with Crippen molar-refractivity contribution in [1.82, 2.24) is 14.5 Å². The van der Waals surface area contributed by atoms with Crippen LogP contribution in [0.3, 0.4) is 0 Å². The van der Waals surface area contributed by atoms with Gasteiger partial charge in [-0.2, -0.15) is 0 Å². The maximum Gasteiger partial charge on any atom is 0.203 e. The number of unbranched alkanes of at least 4 members (excludes halogenated alkanes) is 1. The lowest BCUT2D eigenvalue weighted by Crippen LogP contribution is -2.20. The van der Waals surface area contributed by atoms with Gasteiger partial charge in [0.1, 0.15) is 5.75 Å². The summed E-state index contributed by atoms with van der Waals surface area (Å²) in [6, 6.07) is 4.35. The highest BCUT2D eigenvalue weighted by molar-refractivity contribution is 5.81. The third-order valence-corrected chi connectivity index (χ3v) is 5.06. The fourth-order valence-corrected chi connectivity index (χ4v) is 3.75. The van der Waals surface area contributed by atoms with Crippen LogP contribution in [-0.4, -0.2) is 48.2 Å². The quantitative estimate of drug-likeness (QED) is 0.752. The molecule has 5 nitrogen and oxygen atoms in total. The van der Waals surface area contributed by atoms with Gasteiger partial charge in [-0.05, 0) is 70.3 Å². The molecule has 0 atom stereocenters. The molecule has 1 aliphatic heterocycles. The van der Waals surface area contributed by atoms with E-state index in [9.17, 15) is 0 Å². The summed E-state index contributed by atoms with van der Waals surface area (Å²) in [5.74, 6) is 1.90. The molecule has 0 bridgehead atoms. The number of fused-ring (bicyclic) bond motifs is 1. The molecule has 5 heteroatoms. The van der Waals surface area contributed by atoms with E-state index in [2.05, 4.69) is 33.8 Å². The van der Waals surface area contributed by atoms with Gasteiger partial charge < -0.3 is 19.5 Å². The minimum Gasteiger partial charge on any atom is -0.496 e. The van der Waals surface area contributed by atoms with Crippen molar-refractivity contribution in [2.45, 2.75) is 45.6 Å². The Bertz CT molecular complexity index is 674. The van der Waals surface area contributed by atoms with Crippen molar-refractivity contribution in [3.8, 4) is 5.75 Å². The number of methoxy groups -OCH3 is 1. The van der Waals surface area contributed by atoms with Gasteiger partial charge in [-0.3, -0.25) is 0 Å². The molecule has 0 spiro atoms. The first-order valence-electron chi connectivity index (χ1n) is 9.24. The lowest BCUT2D eigenvalue weighted by atomic mass is 10.1. The lowest BCUT2D eigenvalue weighted by molar-refractivity contribution is 0.329. The third-order valence-electron chi connectivity index (χ3n) is 5.06. The normalized spacial score (nSPS) is 15.3. The van der Waals surface area contributed by atoms with E-state index in [4.69, 9.17) is 9.72 Å². The fraction of sp³-hybridized carbons (Fsp3) is 0.632. The zero-order valence-corrected chi connectivity index (χ0v) is 15.3. The van der Waals surface area contributed by atoms with E-state index in [0.29, 0.717) is 0 Å². The molecule has 2 heterocycles. The molecule has 1 aliphatic rings. The number of rotatable bonds is 8. The third kappa shape index (κ3) is 3.51. The van der Waals surface area contributed by atoms with Gasteiger partial charge in [0, 0.05) is 19.7 Å². The second-order valence-electron chi connectivity index (χ2n) is 6.59. The summed E-state index contributed by atoms with van der Waals surface area (Å²) in [6.45, 7) is 6.84. The van der Waals surface area contributed by atoms with Gasteiger partial charge in [0.05, 0.1) is 18.1 Å². The Kier molecular flexibility index (Phi) is 5.61. The highest BCUT2D eigenvalue weighted by atomic mass is 16.5. The van der Waals surface area contributed by atoms with Gasteiger partial charge in [-0.15, -0.1) is 0 Å². The van der Waals surface area contributed by atoms with E-state index in [1.807, 2.05) is 7.05 Å². The molecule has 1 saturated heterocycles. The van der Waals surface area contributed by atoms with Crippen molar-refractivity contribution < 1.29 is 4.74 Å². The van der Waals surface area contributed by atoms with Crippen LogP contribution >= 0.6 is 0 Å². The highest BCUT2D eigenvalue weighted by Crippen LogP contribution is 2.29. The summed E-state index contributed by atoms with van der Waals surface area (Å²) in [5.41, 5.74) is 3.46. The number of benzene rings is 1. The zero-order valence-electron chi connectivity index (χ0n) is 15.3. The Labute approximate surface area is 145 Å². The number of ether oxygens (including phenoxy) is 1. The zero-order chi connectivity index (χ0) is 16.9. The van der Waals surface area contributed by atoms with Crippen molar-refractivity contribution in [2.75, 3.05) is 39.1 Å². The molecule has 2 aromatic rings. The number of imidazole rings is 1. The average molecular weight is 330 g/mol. The number of aromatic nitrogens is 2. The summed E-state index contributed by atoms with van der Waals surface area (Å²) in [7, 11) is 3.68. The molecule has 3 rings (SSSR count). The summed E-state index contributed by atoms with van der Waals surface area (Å²) in [5, 5.41) is 3.18. The predicted octanol–water partition coefficient (Wildman–Crippen LogP) is 3.53. The fourth-order valence-electron chi connectivity index (χ4n) is 3.75. The number of anilines is 1. The molecule has 1 aromatic heterocycles. The predicted molar refractivity (Wildman–Crippen MR) is 100 cm³/mol. The average Bonchev–Trinajstić information content (AvgIpc) is 3.24. The van der Waals surface area contributed by atoms with Crippen LogP contribution in [0.15, 0.2) is 12.1 Å². The van der Waals surface area contributed by atoms with Crippen LogP contribution in [0.5, 0.6) is 5.75 Å². The second-order valence-corrected chi connectivity index (χ2v) is 6.59. The SMILES string of the molecule is CCn1c(NC)nc2cc(CCCCN3CCCC3)c(OC)cc21. The maximum absolute atomic E-state index is 5.65. The Morgan fingerprint density at radius 2 is 2.00 bits per heavy atom. The largest absolute Gasteiger partial charge is 0.496 e. The van der Waals surface area contributed by atoms with Gasteiger partial charge in [0.2, 0.25) is 5.95 Å². The van der Waals surface area contributed by atoms with E-state index in [1.165, 1.54) is 50.9 Å². The smallest absolute Gasteiger partial charge is 0.203 e. The van der Waals surface area contributed by atoms with Crippen LogP contribution in [0.1, 0.15) is 38.2 Å². The molecule has 0 saturated carbocycles. The second kappa shape index (κ2) is 7.88. The molecule has 1 N–H and O–H groups in total. The molecular formula is C19H30N4O. The number of likely N-dealkylation sites (tertiary alicyclic amines) is 1. The molecular weight excluding hydrogens is 300 g/mol.